The van der Waals surface area contributed by atoms with Crippen molar-refractivity contribution < 1.29 is 0 Å². The van der Waals surface area contributed by atoms with Gasteiger partial charge in [-0.25, -0.2) is 0 Å². The molecule has 1 rings (SSSR count). The van der Waals surface area contributed by atoms with E-state index in [0.717, 1.165) is 19.6 Å². The summed E-state index contributed by atoms with van der Waals surface area (Å²) in [5, 5.41) is 21.0. The molecule has 0 aromatic heterocycles. The molecule has 0 aromatic carbocycles. The Morgan fingerprint density at radius 3 is 2.64 bits per heavy atom. The van der Waals surface area contributed by atoms with E-state index in [1.165, 1.54) is 0 Å². The SMILES string of the molecule is CC(C#N)C1CNCCN1C(C)C#N. The molecule has 0 aromatic rings. The molecule has 0 radical (unpaired) electrons. The van der Waals surface area contributed by atoms with Gasteiger partial charge < -0.3 is 5.32 Å². The summed E-state index contributed by atoms with van der Waals surface area (Å²) >= 11 is 0. The van der Waals surface area contributed by atoms with Crippen molar-refractivity contribution >= 4 is 0 Å². The molecule has 0 bridgehead atoms. The summed E-state index contributed by atoms with van der Waals surface area (Å²) in [5.74, 6) is -0.0291. The van der Waals surface area contributed by atoms with Crippen LogP contribution in [0.3, 0.4) is 0 Å². The zero-order valence-corrected chi connectivity index (χ0v) is 8.70. The summed E-state index contributed by atoms with van der Waals surface area (Å²) in [7, 11) is 0. The second kappa shape index (κ2) is 4.95. The van der Waals surface area contributed by atoms with Crippen molar-refractivity contribution in [2.45, 2.75) is 25.9 Å². The van der Waals surface area contributed by atoms with Crippen LogP contribution in [-0.2, 0) is 0 Å². The number of nitrogens with one attached hydrogen (secondary N) is 1. The highest BCUT2D eigenvalue weighted by Gasteiger charge is 2.30. The van der Waals surface area contributed by atoms with Crippen molar-refractivity contribution in [1.82, 2.24) is 10.2 Å². The Kier molecular flexibility index (Phi) is 3.88. The summed E-state index contributed by atoms with van der Waals surface area (Å²) < 4.78 is 0. The van der Waals surface area contributed by atoms with Gasteiger partial charge in [0.2, 0.25) is 0 Å². The van der Waals surface area contributed by atoms with Gasteiger partial charge >= 0.3 is 0 Å². The van der Waals surface area contributed by atoms with E-state index in [-0.39, 0.29) is 18.0 Å². The summed E-state index contributed by atoms with van der Waals surface area (Å²) in [4.78, 5) is 2.12. The van der Waals surface area contributed by atoms with Crippen molar-refractivity contribution in [2.75, 3.05) is 19.6 Å². The molecule has 1 fully saturated rings. The number of piperazine rings is 1. The van der Waals surface area contributed by atoms with Gasteiger partial charge in [-0.1, -0.05) is 0 Å². The monoisotopic (exact) mass is 192 g/mol. The molecule has 4 nitrogen and oxygen atoms in total. The van der Waals surface area contributed by atoms with E-state index in [0.29, 0.717) is 0 Å². The first-order chi connectivity index (χ1) is 6.70. The standard InChI is InChI=1S/C10H16N4/c1-8(5-11)10-7-13-3-4-14(10)9(2)6-12/h8-10,13H,3-4,7H2,1-2H3. The van der Waals surface area contributed by atoms with Crippen molar-refractivity contribution in [2.24, 2.45) is 5.92 Å². The van der Waals surface area contributed by atoms with Crippen LogP contribution in [0.1, 0.15) is 13.8 Å². The van der Waals surface area contributed by atoms with Gasteiger partial charge in [-0.2, -0.15) is 10.5 Å². The normalized spacial score (nSPS) is 27.3. The molecule has 0 aliphatic carbocycles. The summed E-state index contributed by atoms with van der Waals surface area (Å²) in [6.07, 6.45) is 0. The van der Waals surface area contributed by atoms with E-state index in [1.54, 1.807) is 0 Å². The van der Waals surface area contributed by atoms with E-state index < -0.39 is 0 Å². The molecule has 1 aliphatic heterocycles. The third kappa shape index (κ3) is 2.23. The van der Waals surface area contributed by atoms with Crippen molar-refractivity contribution in [3.8, 4) is 12.1 Å². The lowest BCUT2D eigenvalue weighted by molar-refractivity contribution is 0.117. The van der Waals surface area contributed by atoms with Crippen LogP contribution in [0.15, 0.2) is 0 Å². The first-order valence-electron chi connectivity index (χ1n) is 4.96. The molecule has 1 N–H and O–H groups in total. The molecule has 1 aliphatic rings. The Balaban J connectivity index is 2.70. The molecule has 0 saturated carbocycles. The van der Waals surface area contributed by atoms with Crippen LogP contribution in [-0.4, -0.2) is 36.6 Å². The van der Waals surface area contributed by atoms with Crippen LogP contribution >= 0.6 is 0 Å². The largest absolute Gasteiger partial charge is 0.314 e. The van der Waals surface area contributed by atoms with E-state index in [9.17, 15) is 0 Å². The average Bonchev–Trinajstić information content (AvgIpc) is 2.27. The third-order valence-corrected chi connectivity index (χ3v) is 2.79. The number of hydrogen-bond acceptors (Lipinski definition) is 4. The molecular formula is C10H16N4. The second-order valence-electron chi connectivity index (χ2n) is 3.73. The quantitative estimate of drug-likeness (QED) is 0.685. The number of rotatable bonds is 2. The lowest BCUT2D eigenvalue weighted by Gasteiger charge is -2.38. The topological polar surface area (TPSA) is 62.9 Å². The Morgan fingerprint density at radius 2 is 2.07 bits per heavy atom. The first-order valence-corrected chi connectivity index (χ1v) is 4.96. The first kappa shape index (κ1) is 11.0. The van der Waals surface area contributed by atoms with Crippen LogP contribution in [0.4, 0.5) is 0 Å². The Morgan fingerprint density at radius 1 is 1.36 bits per heavy atom. The number of hydrogen-bond donors (Lipinski definition) is 1. The molecule has 14 heavy (non-hydrogen) atoms. The summed E-state index contributed by atoms with van der Waals surface area (Å²) in [5.41, 5.74) is 0. The second-order valence-corrected chi connectivity index (χ2v) is 3.73. The highest BCUT2D eigenvalue weighted by molar-refractivity contribution is 4.99. The van der Waals surface area contributed by atoms with Crippen molar-refractivity contribution in [3.63, 3.8) is 0 Å². The van der Waals surface area contributed by atoms with Gasteiger partial charge in [-0.3, -0.25) is 4.90 Å². The minimum absolute atomic E-state index is 0.0291. The molecule has 1 heterocycles. The van der Waals surface area contributed by atoms with Gasteiger partial charge in [0.05, 0.1) is 24.1 Å². The smallest absolute Gasteiger partial charge is 0.0953 e. The lowest BCUT2D eigenvalue weighted by atomic mass is 9.98. The van der Waals surface area contributed by atoms with Crippen LogP contribution < -0.4 is 5.32 Å². The average molecular weight is 192 g/mol. The maximum atomic E-state index is 8.87. The highest BCUT2D eigenvalue weighted by atomic mass is 15.2. The van der Waals surface area contributed by atoms with Crippen molar-refractivity contribution in [3.05, 3.63) is 0 Å². The van der Waals surface area contributed by atoms with Gasteiger partial charge in [0.15, 0.2) is 0 Å². The zero-order chi connectivity index (χ0) is 10.6. The van der Waals surface area contributed by atoms with Gasteiger partial charge in [0.1, 0.15) is 0 Å². The molecule has 76 valence electrons. The van der Waals surface area contributed by atoms with Crippen LogP contribution in [0.25, 0.3) is 0 Å². The predicted octanol–water partition coefficient (Wildman–Crippen LogP) is 0.332. The maximum Gasteiger partial charge on any atom is 0.0953 e. The lowest BCUT2D eigenvalue weighted by Crippen LogP contribution is -2.56. The van der Waals surface area contributed by atoms with Crippen LogP contribution in [0, 0.1) is 28.6 Å². The number of nitrogens with zero attached hydrogens (tertiary/aromatic N) is 3. The highest BCUT2D eigenvalue weighted by Crippen LogP contribution is 2.15. The van der Waals surface area contributed by atoms with E-state index >= 15 is 0 Å². The molecule has 3 atom stereocenters. The minimum Gasteiger partial charge on any atom is -0.314 e. The van der Waals surface area contributed by atoms with E-state index in [1.807, 2.05) is 13.8 Å². The fraction of sp³-hybridized carbons (Fsp3) is 0.800. The van der Waals surface area contributed by atoms with Gasteiger partial charge in [-0.05, 0) is 13.8 Å². The minimum atomic E-state index is -0.0992. The molecule has 4 heteroatoms. The molecular weight excluding hydrogens is 176 g/mol. The summed E-state index contributed by atoms with van der Waals surface area (Å²) in [6, 6.07) is 4.56. The molecule has 3 unspecified atom stereocenters. The van der Waals surface area contributed by atoms with Gasteiger partial charge in [0.25, 0.3) is 0 Å². The Labute approximate surface area is 85.1 Å². The molecule has 0 spiro atoms. The maximum absolute atomic E-state index is 8.87. The fourth-order valence-corrected chi connectivity index (χ4v) is 1.85. The summed E-state index contributed by atoms with van der Waals surface area (Å²) in [6.45, 7) is 6.37. The Bertz CT molecular complexity index is 234. The fourth-order valence-electron chi connectivity index (χ4n) is 1.85. The van der Waals surface area contributed by atoms with Crippen molar-refractivity contribution in [1.29, 1.82) is 10.5 Å². The predicted molar refractivity (Wildman–Crippen MR) is 53.2 cm³/mol. The van der Waals surface area contributed by atoms with E-state index in [2.05, 4.69) is 22.4 Å². The van der Waals surface area contributed by atoms with E-state index in [4.69, 9.17) is 10.5 Å². The van der Waals surface area contributed by atoms with Crippen LogP contribution in [0.5, 0.6) is 0 Å². The van der Waals surface area contributed by atoms with Crippen LogP contribution in [0.2, 0.25) is 0 Å². The Hall–Kier alpha value is -1.10. The molecule has 1 saturated heterocycles. The number of nitriles is 2. The third-order valence-electron chi connectivity index (χ3n) is 2.79. The van der Waals surface area contributed by atoms with Gasteiger partial charge in [0, 0.05) is 25.7 Å². The zero-order valence-electron chi connectivity index (χ0n) is 8.70. The molecule has 0 amide bonds. The van der Waals surface area contributed by atoms with Gasteiger partial charge in [-0.15, -0.1) is 0 Å².